The van der Waals surface area contributed by atoms with E-state index in [9.17, 15) is 12.8 Å². The van der Waals surface area contributed by atoms with Gasteiger partial charge in [0.25, 0.3) is 10.0 Å². The molecule has 2 aromatic rings. The first-order valence-corrected chi connectivity index (χ1v) is 7.43. The van der Waals surface area contributed by atoms with Crippen LogP contribution in [0.3, 0.4) is 0 Å². The Kier molecular flexibility index (Phi) is 3.67. The summed E-state index contributed by atoms with van der Waals surface area (Å²) in [6.07, 6.45) is 0. The molecule has 0 saturated heterocycles. The summed E-state index contributed by atoms with van der Waals surface area (Å²) in [5.41, 5.74) is 7.78. The minimum absolute atomic E-state index is 0.188. The van der Waals surface area contributed by atoms with E-state index in [1.165, 1.54) is 6.07 Å². The topological polar surface area (TPSA) is 72.2 Å². The van der Waals surface area contributed by atoms with Gasteiger partial charge in [0.1, 0.15) is 10.7 Å². The number of anilines is 2. The van der Waals surface area contributed by atoms with Crippen molar-refractivity contribution in [1.29, 1.82) is 0 Å². The van der Waals surface area contributed by atoms with Gasteiger partial charge in [-0.15, -0.1) is 0 Å². The van der Waals surface area contributed by atoms with Gasteiger partial charge in [0.15, 0.2) is 0 Å². The largest absolute Gasteiger partial charge is 0.399 e. The highest BCUT2D eigenvalue weighted by Gasteiger charge is 2.20. The van der Waals surface area contributed by atoms with E-state index in [0.29, 0.717) is 5.69 Å². The van der Waals surface area contributed by atoms with Crippen molar-refractivity contribution in [3.05, 3.63) is 53.3 Å². The minimum atomic E-state index is -4.01. The third kappa shape index (κ3) is 2.91. The van der Waals surface area contributed by atoms with Gasteiger partial charge in [0.05, 0.1) is 5.69 Å². The molecule has 3 N–H and O–H groups in total. The predicted octanol–water partition coefficient (Wildman–Crippen LogP) is 2.83. The molecule has 0 radical (unpaired) electrons. The number of nitrogens with one attached hydrogen (secondary N) is 1. The Morgan fingerprint density at radius 1 is 1.10 bits per heavy atom. The van der Waals surface area contributed by atoms with Gasteiger partial charge in [0.2, 0.25) is 0 Å². The van der Waals surface area contributed by atoms with Crippen LogP contribution in [-0.4, -0.2) is 8.42 Å². The highest BCUT2D eigenvalue weighted by Crippen LogP contribution is 2.23. The lowest BCUT2D eigenvalue weighted by Crippen LogP contribution is -2.15. The molecule has 20 heavy (non-hydrogen) atoms. The standard InChI is InChI=1S/C14H15FN2O2S/c1-9-3-4-10(2)13(7-9)17-20(18,19)14-8-11(16)5-6-12(14)15/h3-8,17H,16H2,1-2H3. The van der Waals surface area contributed by atoms with Crippen LogP contribution in [-0.2, 0) is 10.0 Å². The Hall–Kier alpha value is -2.08. The number of sulfonamides is 1. The molecule has 0 aliphatic rings. The lowest BCUT2D eigenvalue weighted by atomic mass is 10.1. The Balaban J connectivity index is 2.46. The molecule has 0 saturated carbocycles. The van der Waals surface area contributed by atoms with Gasteiger partial charge in [-0.3, -0.25) is 4.72 Å². The van der Waals surface area contributed by atoms with E-state index in [1.54, 1.807) is 19.1 Å². The molecule has 0 atom stereocenters. The number of nitrogens with two attached hydrogens (primary N) is 1. The maximum absolute atomic E-state index is 13.7. The molecular weight excluding hydrogens is 279 g/mol. The van der Waals surface area contributed by atoms with Crippen molar-refractivity contribution in [2.75, 3.05) is 10.5 Å². The smallest absolute Gasteiger partial charge is 0.264 e. The highest BCUT2D eigenvalue weighted by atomic mass is 32.2. The molecule has 2 rings (SSSR count). The van der Waals surface area contributed by atoms with E-state index in [4.69, 9.17) is 5.73 Å². The lowest BCUT2D eigenvalue weighted by Gasteiger charge is -2.12. The molecule has 2 aromatic carbocycles. The molecule has 106 valence electrons. The van der Waals surface area contributed by atoms with Crippen molar-refractivity contribution in [3.63, 3.8) is 0 Å². The van der Waals surface area contributed by atoms with Gasteiger partial charge >= 0.3 is 0 Å². The summed E-state index contributed by atoms with van der Waals surface area (Å²) in [5, 5.41) is 0. The van der Waals surface area contributed by atoms with Gasteiger partial charge in [0, 0.05) is 5.69 Å². The second-order valence-electron chi connectivity index (χ2n) is 4.61. The van der Waals surface area contributed by atoms with E-state index in [1.807, 2.05) is 13.0 Å². The fraction of sp³-hybridized carbons (Fsp3) is 0.143. The third-order valence-corrected chi connectivity index (χ3v) is 4.26. The first kappa shape index (κ1) is 14.3. The molecule has 0 unspecified atom stereocenters. The van der Waals surface area contributed by atoms with E-state index in [0.717, 1.165) is 23.3 Å². The van der Waals surface area contributed by atoms with Crippen LogP contribution >= 0.6 is 0 Å². The second kappa shape index (κ2) is 5.13. The van der Waals surface area contributed by atoms with Gasteiger partial charge in [-0.2, -0.15) is 0 Å². The second-order valence-corrected chi connectivity index (χ2v) is 6.26. The SMILES string of the molecule is Cc1ccc(C)c(NS(=O)(=O)c2cc(N)ccc2F)c1. The van der Waals surface area contributed by atoms with Gasteiger partial charge in [-0.25, -0.2) is 12.8 Å². The van der Waals surface area contributed by atoms with Crippen LogP contribution < -0.4 is 10.5 Å². The Morgan fingerprint density at radius 2 is 1.80 bits per heavy atom. The van der Waals surface area contributed by atoms with Crippen LogP contribution in [0.1, 0.15) is 11.1 Å². The first-order valence-electron chi connectivity index (χ1n) is 5.95. The molecule has 4 nitrogen and oxygen atoms in total. The van der Waals surface area contributed by atoms with Gasteiger partial charge < -0.3 is 5.73 Å². The number of nitrogen functional groups attached to an aromatic ring is 1. The maximum atomic E-state index is 13.7. The zero-order valence-electron chi connectivity index (χ0n) is 11.1. The highest BCUT2D eigenvalue weighted by molar-refractivity contribution is 7.92. The lowest BCUT2D eigenvalue weighted by molar-refractivity contribution is 0.570. The average Bonchev–Trinajstić information content (AvgIpc) is 2.36. The molecule has 0 bridgehead atoms. The van der Waals surface area contributed by atoms with Crippen molar-refractivity contribution < 1.29 is 12.8 Å². The molecule has 6 heteroatoms. The molecule has 0 amide bonds. The van der Waals surface area contributed by atoms with Crippen molar-refractivity contribution in [3.8, 4) is 0 Å². The van der Waals surface area contributed by atoms with Gasteiger partial charge in [-0.1, -0.05) is 12.1 Å². The molecule has 0 spiro atoms. The summed E-state index contributed by atoms with van der Waals surface area (Å²) < 4.78 is 40.5. The first-order chi connectivity index (χ1) is 9.29. The molecule has 0 aromatic heterocycles. The molecule has 0 aliphatic heterocycles. The zero-order chi connectivity index (χ0) is 14.9. The van der Waals surface area contributed by atoms with Crippen LogP contribution in [0.2, 0.25) is 0 Å². The fourth-order valence-corrected chi connectivity index (χ4v) is 3.01. The quantitative estimate of drug-likeness (QED) is 0.855. The number of hydrogen-bond donors (Lipinski definition) is 2. The Morgan fingerprint density at radius 3 is 2.50 bits per heavy atom. The van der Waals surface area contributed by atoms with E-state index in [2.05, 4.69) is 4.72 Å². The van der Waals surface area contributed by atoms with E-state index < -0.39 is 20.7 Å². The molecular formula is C14H15FN2O2S. The summed E-state index contributed by atoms with van der Waals surface area (Å²) in [7, 11) is -4.01. The molecule has 0 aliphatic carbocycles. The summed E-state index contributed by atoms with van der Waals surface area (Å²) in [5.74, 6) is -0.836. The van der Waals surface area contributed by atoms with Gasteiger partial charge in [-0.05, 0) is 49.2 Å². The van der Waals surface area contributed by atoms with Crippen molar-refractivity contribution in [2.24, 2.45) is 0 Å². The Bertz CT molecular complexity index is 758. The van der Waals surface area contributed by atoms with Crippen LogP contribution in [0.5, 0.6) is 0 Å². The molecule has 0 heterocycles. The predicted molar refractivity (Wildman–Crippen MR) is 77.5 cm³/mol. The van der Waals surface area contributed by atoms with Crippen LogP contribution in [0.25, 0.3) is 0 Å². The summed E-state index contributed by atoms with van der Waals surface area (Å²) in [4.78, 5) is -0.460. The average molecular weight is 294 g/mol. The monoisotopic (exact) mass is 294 g/mol. The number of hydrogen-bond acceptors (Lipinski definition) is 3. The van der Waals surface area contributed by atoms with Crippen molar-refractivity contribution >= 4 is 21.4 Å². The normalized spacial score (nSPS) is 11.3. The molecule has 0 fully saturated rings. The van der Waals surface area contributed by atoms with Crippen LogP contribution in [0, 0.1) is 19.7 Å². The van der Waals surface area contributed by atoms with E-state index >= 15 is 0 Å². The van der Waals surface area contributed by atoms with Crippen LogP contribution in [0.15, 0.2) is 41.3 Å². The maximum Gasteiger partial charge on any atom is 0.264 e. The third-order valence-electron chi connectivity index (χ3n) is 2.88. The van der Waals surface area contributed by atoms with Crippen LogP contribution in [0.4, 0.5) is 15.8 Å². The number of aryl methyl sites for hydroxylation is 2. The number of benzene rings is 2. The zero-order valence-corrected chi connectivity index (χ0v) is 12.0. The number of halogens is 1. The number of rotatable bonds is 3. The van der Waals surface area contributed by atoms with Crippen molar-refractivity contribution in [2.45, 2.75) is 18.7 Å². The summed E-state index contributed by atoms with van der Waals surface area (Å²) in [6.45, 7) is 3.62. The fourth-order valence-electron chi connectivity index (χ4n) is 1.77. The van der Waals surface area contributed by atoms with Crippen molar-refractivity contribution in [1.82, 2.24) is 0 Å². The summed E-state index contributed by atoms with van der Waals surface area (Å²) >= 11 is 0. The summed E-state index contributed by atoms with van der Waals surface area (Å²) in [6, 6.07) is 8.80. The Labute approximate surface area is 117 Å². The van der Waals surface area contributed by atoms with E-state index in [-0.39, 0.29) is 5.69 Å². The minimum Gasteiger partial charge on any atom is -0.399 e.